The van der Waals surface area contributed by atoms with Gasteiger partial charge in [0.25, 0.3) is 0 Å². The summed E-state index contributed by atoms with van der Waals surface area (Å²) in [6.07, 6.45) is 6.94. The van der Waals surface area contributed by atoms with Gasteiger partial charge in [0, 0.05) is 6.04 Å². The number of piperidine rings is 1. The van der Waals surface area contributed by atoms with Crippen LogP contribution in [0.3, 0.4) is 0 Å². The zero-order valence-corrected chi connectivity index (χ0v) is 14.5. The van der Waals surface area contributed by atoms with Crippen molar-refractivity contribution < 1.29 is 19.1 Å². The van der Waals surface area contributed by atoms with Crippen molar-refractivity contribution in [1.82, 2.24) is 9.88 Å². The van der Waals surface area contributed by atoms with Gasteiger partial charge in [-0.3, -0.25) is 4.90 Å². The maximum atomic E-state index is 11.5. The Morgan fingerprint density at radius 3 is 2.92 bits per heavy atom. The molecule has 1 atom stereocenters. The van der Waals surface area contributed by atoms with Gasteiger partial charge >= 0.3 is 5.97 Å². The first-order valence-electron chi connectivity index (χ1n) is 8.70. The highest BCUT2D eigenvalue weighted by Gasteiger charge is 2.24. The summed E-state index contributed by atoms with van der Waals surface area (Å²) in [5, 5.41) is 9.38. The number of aryl methyl sites for hydroxylation is 1. The van der Waals surface area contributed by atoms with Crippen LogP contribution in [0.4, 0.5) is 0 Å². The van der Waals surface area contributed by atoms with Crippen LogP contribution in [0.2, 0.25) is 0 Å². The van der Waals surface area contributed by atoms with E-state index in [1.165, 1.54) is 31.8 Å². The SMILES string of the molecule is COC(=O)c1coc(CN2CCCCC2CCc2ccc(O)cc2)n1. The van der Waals surface area contributed by atoms with E-state index in [0.717, 1.165) is 25.8 Å². The number of carbonyl (C=O) groups excluding carboxylic acids is 1. The van der Waals surface area contributed by atoms with Crippen LogP contribution in [0.5, 0.6) is 5.75 Å². The van der Waals surface area contributed by atoms with E-state index in [0.29, 0.717) is 24.2 Å². The van der Waals surface area contributed by atoms with E-state index in [4.69, 9.17) is 4.42 Å². The molecule has 2 aromatic rings. The lowest BCUT2D eigenvalue weighted by Crippen LogP contribution is -2.39. The second kappa shape index (κ2) is 8.16. The molecule has 0 bridgehead atoms. The fraction of sp³-hybridized carbons (Fsp3) is 0.474. The summed E-state index contributed by atoms with van der Waals surface area (Å²) in [6, 6.07) is 7.87. The Morgan fingerprint density at radius 2 is 2.16 bits per heavy atom. The monoisotopic (exact) mass is 344 g/mol. The van der Waals surface area contributed by atoms with Gasteiger partial charge < -0.3 is 14.3 Å². The van der Waals surface area contributed by atoms with E-state index in [1.807, 2.05) is 12.1 Å². The predicted molar refractivity (Wildman–Crippen MR) is 92.3 cm³/mol. The summed E-state index contributed by atoms with van der Waals surface area (Å²) >= 11 is 0. The lowest BCUT2D eigenvalue weighted by atomic mass is 9.96. The van der Waals surface area contributed by atoms with Crippen molar-refractivity contribution in [3.63, 3.8) is 0 Å². The Kier molecular flexibility index (Phi) is 5.71. The van der Waals surface area contributed by atoms with Gasteiger partial charge in [-0.05, 0) is 49.9 Å². The Labute approximate surface area is 147 Å². The molecule has 134 valence electrons. The summed E-state index contributed by atoms with van der Waals surface area (Å²) in [4.78, 5) is 18.1. The lowest BCUT2D eigenvalue weighted by molar-refractivity contribution is 0.0593. The van der Waals surface area contributed by atoms with Crippen LogP contribution < -0.4 is 0 Å². The molecule has 1 N–H and O–H groups in total. The second-order valence-corrected chi connectivity index (χ2v) is 6.44. The highest BCUT2D eigenvalue weighted by atomic mass is 16.5. The topological polar surface area (TPSA) is 75.8 Å². The van der Waals surface area contributed by atoms with Crippen LogP contribution >= 0.6 is 0 Å². The zero-order valence-electron chi connectivity index (χ0n) is 14.5. The number of rotatable bonds is 6. The average Bonchev–Trinajstić information content (AvgIpc) is 3.10. The van der Waals surface area contributed by atoms with Crippen molar-refractivity contribution in [3.8, 4) is 5.75 Å². The molecule has 0 radical (unpaired) electrons. The number of hydrogen-bond acceptors (Lipinski definition) is 6. The van der Waals surface area contributed by atoms with Crippen LogP contribution in [-0.2, 0) is 17.7 Å². The molecule has 1 aromatic heterocycles. The first-order valence-corrected chi connectivity index (χ1v) is 8.70. The second-order valence-electron chi connectivity index (χ2n) is 6.44. The van der Waals surface area contributed by atoms with E-state index in [-0.39, 0.29) is 5.69 Å². The number of aromatic nitrogens is 1. The van der Waals surface area contributed by atoms with E-state index in [9.17, 15) is 9.90 Å². The molecule has 6 nitrogen and oxygen atoms in total. The molecule has 1 aromatic carbocycles. The maximum absolute atomic E-state index is 11.5. The minimum atomic E-state index is -0.475. The molecule has 0 aliphatic carbocycles. The number of nitrogens with zero attached hydrogens (tertiary/aromatic N) is 2. The Morgan fingerprint density at radius 1 is 1.36 bits per heavy atom. The number of likely N-dealkylation sites (tertiary alicyclic amines) is 1. The number of esters is 1. The molecule has 2 heterocycles. The molecule has 0 amide bonds. The van der Waals surface area contributed by atoms with Gasteiger partial charge in [0.2, 0.25) is 5.89 Å². The third-order valence-electron chi connectivity index (χ3n) is 4.74. The number of ether oxygens (including phenoxy) is 1. The number of phenolic OH excluding ortho intramolecular Hbond substituents is 1. The molecule has 1 aliphatic rings. The Hall–Kier alpha value is -2.34. The van der Waals surface area contributed by atoms with Crippen molar-refractivity contribution >= 4 is 5.97 Å². The number of carbonyl (C=O) groups is 1. The van der Waals surface area contributed by atoms with Crippen molar-refractivity contribution in [2.24, 2.45) is 0 Å². The smallest absolute Gasteiger partial charge is 0.360 e. The first kappa shape index (κ1) is 17.5. The Balaban J connectivity index is 1.59. The summed E-state index contributed by atoms with van der Waals surface area (Å²) < 4.78 is 10.1. The third-order valence-corrected chi connectivity index (χ3v) is 4.74. The van der Waals surface area contributed by atoms with Crippen molar-refractivity contribution in [2.75, 3.05) is 13.7 Å². The summed E-state index contributed by atoms with van der Waals surface area (Å²) in [5.41, 5.74) is 1.45. The van der Waals surface area contributed by atoms with Crippen LogP contribution in [0.1, 0.15) is 47.6 Å². The first-order chi connectivity index (χ1) is 12.2. The number of benzene rings is 1. The normalized spacial score (nSPS) is 18.2. The predicted octanol–water partition coefficient (Wildman–Crippen LogP) is 3.15. The van der Waals surface area contributed by atoms with Crippen molar-refractivity contribution in [3.05, 3.63) is 47.7 Å². The average molecular weight is 344 g/mol. The summed E-state index contributed by atoms with van der Waals surface area (Å²) in [6.45, 7) is 1.62. The van der Waals surface area contributed by atoms with Gasteiger partial charge in [-0.15, -0.1) is 0 Å². The molecule has 6 heteroatoms. The van der Waals surface area contributed by atoms with Crippen LogP contribution in [-0.4, -0.2) is 40.7 Å². The molecule has 1 fully saturated rings. The standard InChI is InChI=1S/C19H24N2O4/c1-24-19(23)17-13-25-18(20-17)12-21-11-3-2-4-15(21)8-5-14-6-9-16(22)10-7-14/h6-7,9-10,13,15,22H,2-5,8,11-12H2,1H3. The van der Waals surface area contributed by atoms with Crippen molar-refractivity contribution in [2.45, 2.75) is 44.7 Å². The minimum Gasteiger partial charge on any atom is -0.508 e. The molecule has 3 rings (SSSR count). The fourth-order valence-electron chi connectivity index (χ4n) is 3.35. The summed E-state index contributed by atoms with van der Waals surface area (Å²) in [7, 11) is 1.33. The molecular formula is C19H24N2O4. The lowest BCUT2D eigenvalue weighted by Gasteiger charge is -2.35. The largest absolute Gasteiger partial charge is 0.508 e. The van der Waals surface area contributed by atoms with E-state index in [2.05, 4.69) is 14.6 Å². The number of hydrogen-bond donors (Lipinski definition) is 1. The van der Waals surface area contributed by atoms with E-state index in [1.54, 1.807) is 12.1 Å². The molecule has 1 aliphatic heterocycles. The third kappa shape index (κ3) is 4.60. The van der Waals surface area contributed by atoms with Gasteiger partial charge in [0.1, 0.15) is 12.0 Å². The molecule has 1 unspecified atom stereocenters. The molecule has 0 saturated carbocycles. The van der Waals surface area contributed by atoms with Gasteiger partial charge in [-0.1, -0.05) is 18.6 Å². The summed E-state index contributed by atoms with van der Waals surface area (Å²) in [5.74, 6) is 0.378. The highest BCUT2D eigenvalue weighted by Crippen LogP contribution is 2.24. The maximum Gasteiger partial charge on any atom is 0.360 e. The molecule has 25 heavy (non-hydrogen) atoms. The van der Waals surface area contributed by atoms with Crippen LogP contribution in [0, 0.1) is 0 Å². The number of phenols is 1. The van der Waals surface area contributed by atoms with Gasteiger partial charge in [-0.2, -0.15) is 0 Å². The number of methoxy groups -OCH3 is 1. The molecular weight excluding hydrogens is 320 g/mol. The zero-order chi connectivity index (χ0) is 17.6. The van der Waals surface area contributed by atoms with Gasteiger partial charge in [0.15, 0.2) is 5.69 Å². The number of oxazole rings is 1. The minimum absolute atomic E-state index is 0.218. The number of aromatic hydroxyl groups is 1. The fourth-order valence-corrected chi connectivity index (χ4v) is 3.35. The van der Waals surface area contributed by atoms with E-state index < -0.39 is 5.97 Å². The highest BCUT2D eigenvalue weighted by molar-refractivity contribution is 5.86. The van der Waals surface area contributed by atoms with Crippen LogP contribution in [0.15, 0.2) is 34.9 Å². The molecule has 0 spiro atoms. The quantitative estimate of drug-likeness (QED) is 0.811. The molecule has 1 saturated heterocycles. The van der Waals surface area contributed by atoms with Gasteiger partial charge in [-0.25, -0.2) is 9.78 Å². The van der Waals surface area contributed by atoms with Crippen molar-refractivity contribution in [1.29, 1.82) is 0 Å². The van der Waals surface area contributed by atoms with E-state index >= 15 is 0 Å². The Bertz CT molecular complexity index is 696. The van der Waals surface area contributed by atoms with Crippen LogP contribution in [0.25, 0.3) is 0 Å². The van der Waals surface area contributed by atoms with Gasteiger partial charge in [0.05, 0.1) is 13.7 Å².